The first-order chi connectivity index (χ1) is 16.5. The van der Waals surface area contributed by atoms with E-state index in [2.05, 4.69) is 20.4 Å². The Morgan fingerprint density at radius 3 is 1.24 bits per heavy atom. The van der Waals surface area contributed by atoms with Crippen molar-refractivity contribution in [2.45, 2.75) is 0 Å². The summed E-state index contributed by atoms with van der Waals surface area (Å²) in [4.78, 5) is 20.7. The van der Waals surface area contributed by atoms with Crippen molar-refractivity contribution in [1.29, 1.82) is 0 Å². The molecule has 0 saturated carbocycles. The molecule has 0 amide bonds. The fraction of sp³-hybridized carbons (Fsp3) is 0. The Morgan fingerprint density at radius 1 is 0.529 bits per heavy atom. The maximum atomic E-state index is 10.8. The van der Waals surface area contributed by atoms with Crippen LogP contribution in [0.1, 0.15) is 0 Å². The first-order valence-electron chi connectivity index (χ1n) is 9.75. The minimum absolute atomic E-state index is 0.0381. The van der Waals surface area contributed by atoms with Crippen molar-refractivity contribution in [2.24, 2.45) is 0 Å². The first kappa shape index (κ1) is 20.6. The van der Waals surface area contributed by atoms with Gasteiger partial charge in [-0.3, -0.25) is 20.2 Å². The van der Waals surface area contributed by atoms with Crippen molar-refractivity contribution >= 4 is 11.4 Å². The van der Waals surface area contributed by atoms with Crippen LogP contribution < -0.4 is 0 Å². The molecule has 5 aromatic rings. The van der Waals surface area contributed by atoms with Crippen LogP contribution in [0, 0.1) is 20.2 Å². The third kappa shape index (κ3) is 3.98. The number of benzene rings is 3. The van der Waals surface area contributed by atoms with E-state index in [4.69, 9.17) is 8.83 Å². The minimum atomic E-state index is -0.487. The third-order valence-corrected chi connectivity index (χ3v) is 4.86. The highest BCUT2D eigenvalue weighted by atomic mass is 16.6. The molecule has 12 nitrogen and oxygen atoms in total. The van der Waals surface area contributed by atoms with E-state index in [0.717, 1.165) is 0 Å². The highest BCUT2D eigenvalue weighted by molar-refractivity contribution is 5.66. The molecule has 3 aromatic carbocycles. The summed E-state index contributed by atoms with van der Waals surface area (Å²) in [7, 11) is 0. The third-order valence-electron chi connectivity index (χ3n) is 4.86. The summed E-state index contributed by atoms with van der Waals surface area (Å²) in [5.74, 6) is 0.915. The lowest BCUT2D eigenvalue weighted by Crippen LogP contribution is -1.87. The summed E-state index contributed by atoms with van der Waals surface area (Å²) in [6.45, 7) is 0. The van der Waals surface area contributed by atoms with Crippen molar-refractivity contribution in [1.82, 2.24) is 20.4 Å². The largest absolute Gasteiger partial charge is 0.416 e. The molecule has 0 radical (unpaired) electrons. The second-order valence-electron chi connectivity index (χ2n) is 7.01. The van der Waals surface area contributed by atoms with Crippen LogP contribution in [0.2, 0.25) is 0 Å². The van der Waals surface area contributed by atoms with Gasteiger partial charge in [0.25, 0.3) is 11.4 Å². The van der Waals surface area contributed by atoms with E-state index in [1.54, 1.807) is 24.3 Å². The molecule has 0 unspecified atom stereocenters. The highest BCUT2D eigenvalue weighted by Crippen LogP contribution is 2.30. The van der Waals surface area contributed by atoms with E-state index in [0.29, 0.717) is 22.3 Å². The number of aromatic nitrogens is 4. The summed E-state index contributed by atoms with van der Waals surface area (Å²) < 4.78 is 11.5. The van der Waals surface area contributed by atoms with Gasteiger partial charge in [-0.1, -0.05) is 6.07 Å². The van der Waals surface area contributed by atoms with Gasteiger partial charge >= 0.3 is 0 Å². The van der Waals surface area contributed by atoms with Crippen LogP contribution in [0.4, 0.5) is 11.4 Å². The molecule has 0 aliphatic heterocycles. The average Bonchev–Trinajstić information content (AvgIpc) is 3.55. The fourth-order valence-corrected chi connectivity index (χ4v) is 3.15. The molecule has 2 aromatic heterocycles. The Balaban J connectivity index is 1.39. The number of nitrogens with zero attached hydrogens (tertiary/aromatic N) is 6. The van der Waals surface area contributed by atoms with Crippen molar-refractivity contribution in [3.63, 3.8) is 0 Å². The van der Waals surface area contributed by atoms with Gasteiger partial charge in [0.2, 0.25) is 23.6 Å². The van der Waals surface area contributed by atoms with Gasteiger partial charge in [-0.2, -0.15) is 0 Å². The first-order valence-corrected chi connectivity index (χ1v) is 9.75. The quantitative estimate of drug-likeness (QED) is 0.252. The zero-order valence-electron chi connectivity index (χ0n) is 17.1. The predicted octanol–water partition coefficient (Wildman–Crippen LogP) is 4.94. The molecule has 5 rings (SSSR count). The molecule has 0 bridgehead atoms. The molecule has 0 aliphatic carbocycles. The lowest BCUT2D eigenvalue weighted by Gasteiger charge is -1.99. The van der Waals surface area contributed by atoms with E-state index in [1.807, 2.05) is 0 Å². The molecule has 0 aliphatic rings. The zero-order valence-corrected chi connectivity index (χ0v) is 17.1. The van der Waals surface area contributed by atoms with Gasteiger partial charge in [-0.25, -0.2) is 0 Å². The average molecular weight is 456 g/mol. The van der Waals surface area contributed by atoms with Crippen LogP contribution in [-0.2, 0) is 0 Å². The van der Waals surface area contributed by atoms with Crippen LogP contribution in [0.25, 0.3) is 45.8 Å². The second kappa shape index (κ2) is 8.35. The molecular formula is C22H12N6O6. The predicted molar refractivity (Wildman–Crippen MR) is 117 cm³/mol. The van der Waals surface area contributed by atoms with Crippen LogP contribution in [-0.4, -0.2) is 30.2 Å². The lowest BCUT2D eigenvalue weighted by atomic mass is 10.1. The standard InChI is InChI=1S/C22H12N6O6/c29-27(30)17-8-4-13(5-9-17)19-23-25-21(33-19)15-2-1-3-16(12-15)22-26-24-20(34-22)14-6-10-18(11-7-14)28(31)32/h1-12H. The van der Waals surface area contributed by atoms with E-state index < -0.39 is 9.85 Å². The molecule has 2 heterocycles. The van der Waals surface area contributed by atoms with Crippen LogP contribution in [0.15, 0.2) is 81.6 Å². The number of rotatable bonds is 6. The van der Waals surface area contributed by atoms with Gasteiger partial charge in [0.1, 0.15) is 0 Å². The summed E-state index contributed by atoms with van der Waals surface area (Å²) in [5, 5.41) is 37.8. The zero-order chi connectivity index (χ0) is 23.7. The second-order valence-corrected chi connectivity index (χ2v) is 7.01. The summed E-state index contributed by atoms with van der Waals surface area (Å²) >= 11 is 0. The van der Waals surface area contributed by atoms with E-state index in [9.17, 15) is 20.2 Å². The molecule has 166 valence electrons. The number of non-ortho nitro benzene ring substituents is 2. The summed E-state index contributed by atoms with van der Waals surface area (Å²) in [6, 6.07) is 18.6. The van der Waals surface area contributed by atoms with E-state index >= 15 is 0 Å². The van der Waals surface area contributed by atoms with Gasteiger partial charge in [0.15, 0.2) is 0 Å². The maximum Gasteiger partial charge on any atom is 0.269 e. The Kier molecular flexibility index (Phi) is 5.07. The fourth-order valence-electron chi connectivity index (χ4n) is 3.15. The highest BCUT2D eigenvalue weighted by Gasteiger charge is 2.16. The molecular weight excluding hydrogens is 444 g/mol. The lowest BCUT2D eigenvalue weighted by molar-refractivity contribution is -0.385. The Labute approximate surface area is 189 Å². The molecule has 0 N–H and O–H groups in total. The van der Waals surface area contributed by atoms with Gasteiger partial charge < -0.3 is 8.83 Å². The molecule has 0 saturated heterocycles. The van der Waals surface area contributed by atoms with Crippen LogP contribution in [0.5, 0.6) is 0 Å². The topological polar surface area (TPSA) is 164 Å². The monoisotopic (exact) mass is 456 g/mol. The number of nitro benzene ring substituents is 2. The molecule has 0 spiro atoms. The number of hydrogen-bond acceptors (Lipinski definition) is 10. The van der Waals surface area contributed by atoms with Gasteiger partial charge in [0.05, 0.1) is 9.85 Å². The normalized spacial score (nSPS) is 10.8. The van der Waals surface area contributed by atoms with Crippen molar-refractivity contribution in [3.8, 4) is 45.8 Å². The summed E-state index contributed by atoms with van der Waals surface area (Å²) in [5.41, 5.74) is 2.23. The van der Waals surface area contributed by atoms with Gasteiger partial charge in [-0.05, 0) is 42.5 Å². The molecule has 34 heavy (non-hydrogen) atoms. The van der Waals surface area contributed by atoms with E-state index in [1.165, 1.54) is 48.5 Å². The Bertz CT molecular complexity index is 1400. The number of hydrogen-bond donors (Lipinski definition) is 0. The maximum absolute atomic E-state index is 10.8. The van der Waals surface area contributed by atoms with Crippen LogP contribution >= 0.6 is 0 Å². The molecule has 0 atom stereocenters. The molecule has 12 heteroatoms. The van der Waals surface area contributed by atoms with Crippen molar-refractivity contribution in [2.75, 3.05) is 0 Å². The minimum Gasteiger partial charge on any atom is -0.416 e. The Morgan fingerprint density at radius 2 is 0.882 bits per heavy atom. The van der Waals surface area contributed by atoms with Gasteiger partial charge in [-0.15, -0.1) is 20.4 Å². The smallest absolute Gasteiger partial charge is 0.269 e. The van der Waals surface area contributed by atoms with Crippen molar-refractivity contribution in [3.05, 3.63) is 93.0 Å². The SMILES string of the molecule is O=[N+]([O-])c1ccc(-c2nnc(-c3cccc(-c4nnc(-c5ccc([N+](=O)[O-])cc5)o4)c3)o2)cc1. The van der Waals surface area contributed by atoms with Gasteiger partial charge in [0, 0.05) is 46.5 Å². The Hall–Kier alpha value is -5.26. The van der Waals surface area contributed by atoms with Crippen molar-refractivity contribution < 1.29 is 18.7 Å². The number of nitro groups is 2. The van der Waals surface area contributed by atoms with Crippen LogP contribution in [0.3, 0.4) is 0 Å². The molecule has 0 fully saturated rings. The summed E-state index contributed by atoms with van der Waals surface area (Å²) in [6.07, 6.45) is 0. The van der Waals surface area contributed by atoms with E-state index in [-0.39, 0.29) is 34.9 Å².